The standard InChI is InChI=1S/C38H75NO4/c1-3-5-7-9-11-13-15-17-19-20-22-24-26-28-30-32-34-43-37(40)35-36(38(41)42)39-33-31-29-27-25-23-21-18-16-14-12-10-8-6-4-2/h36,39H,3-35H2,1-2H3,(H,41,42)/t36-/m0/s1. The van der Waals surface area contributed by atoms with E-state index < -0.39 is 18.0 Å². The van der Waals surface area contributed by atoms with E-state index in [1.807, 2.05) is 0 Å². The van der Waals surface area contributed by atoms with Gasteiger partial charge in [-0.2, -0.15) is 0 Å². The van der Waals surface area contributed by atoms with Crippen molar-refractivity contribution < 1.29 is 19.4 Å². The van der Waals surface area contributed by atoms with Crippen LogP contribution in [0.4, 0.5) is 0 Å². The molecule has 43 heavy (non-hydrogen) atoms. The zero-order chi connectivity index (χ0) is 31.5. The predicted octanol–water partition coefficient (Wildman–Crippen LogP) is 11.7. The quantitative estimate of drug-likeness (QED) is 0.0546. The van der Waals surface area contributed by atoms with E-state index in [4.69, 9.17) is 4.74 Å². The highest BCUT2D eigenvalue weighted by molar-refractivity contribution is 5.81. The smallest absolute Gasteiger partial charge is 0.321 e. The Bertz CT molecular complexity index is 582. The first kappa shape index (κ1) is 41.9. The first-order chi connectivity index (χ1) is 21.1. The topological polar surface area (TPSA) is 75.6 Å². The lowest BCUT2D eigenvalue weighted by Gasteiger charge is -2.14. The van der Waals surface area contributed by atoms with Gasteiger partial charge in [0.15, 0.2) is 0 Å². The molecule has 0 aliphatic heterocycles. The Morgan fingerprint density at radius 1 is 0.488 bits per heavy atom. The SMILES string of the molecule is CCCCCCCCCCCCCCCCCCOC(=O)C[C@H](NCCCCCCCCCCCCCCCC)C(=O)O. The molecular weight excluding hydrogens is 534 g/mol. The number of hydrogen-bond acceptors (Lipinski definition) is 4. The number of carbonyl (C=O) groups is 2. The minimum absolute atomic E-state index is 0.0905. The number of ether oxygens (including phenoxy) is 1. The first-order valence-corrected chi connectivity index (χ1v) is 19.2. The van der Waals surface area contributed by atoms with E-state index >= 15 is 0 Å². The highest BCUT2D eigenvalue weighted by Crippen LogP contribution is 2.15. The van der Waals surface area contributed by atoms with Crippen molar-refractivity contribution in [2.45, 2.75) is 219 Å². The van der Waals surface area contributed by atoms with Gasteiger partial charge < -0.3 is 15.2 Å². The lowest BCUT2D eigenvalue weighted by Crippen LogP contribution is -2.39. The second-order valence-corrected chi connectivity index (χ2v) is 13.2. The Labute approximate surface area is 268 Å². The number of carboxylic acid groups (broad SMARTS) is 1. The summed E-state index contributed by atoms with van der Waals surface area (Å²) in [4.78, 5) is 23.7. The summed E-state index contributed by atoms with van der Waals surface area (Å²) in [5.74, 6) is -1.37. The number of carboxylic acids is 1. The van der Waals surface area contributed by atoms with E-state index in [2.05, 4.69) is 19.2 Å². The Morgan fingerprint density at radius 3 is 1.12 bits per heavy atom. The highest BCUT2D eigenvalue weighted by atomic mass is 16.5. The molecule has 0 aliphatic carbocycles. The van der Waals surface area contributed by atoms with Crippen LogP contribution in [0, 0.1) is 0 Å². The molecule has 5 nitrogen and oxygen atoms in total. The molecule has 0 fully saturated rings. The summed E-state index contributed by atoms with van der Waals surface area (Å²) in [6.07, 6.45) is 39.2. The molecule has 0 saturated carbocycles. The summed E-state index contributed by atoms with van der Waals surface area (Å²) < 4.78 is 5.33. The highest BCUT2D eigenvalue weighted by Gasteiger charge is 2.21. The maximum absolute atomic E-state index is 12.2. The molecule has 0 amide bonds. The molecule has 0 unspecified atom stereocenters. The van der Waals surface area contributed by atoms with Gasteiger partial charge in [-0.25, -0.2) is 0 Å². The van der Waals surface area contributed by atoms with Crippen LogP contribution in [0.25, 0.3) is 0 Å². The molecule has 1 atom stereocenters. The molecule has 2 N–H and O–H groups in total. The number of rotatable bonds is 36. The van der Waals surface area contributed by atoms with Crippen molar-refractivity contribution in [1.29, 1.82) is 0 Å². The van der Waals surface area contributed by atoms with Crippen molar-refractivity contribution >= 4 is 11.9 Å². The fraction of sp³-hybridized carbons (Fsp3) is 0.947. The van der Waals surface area contributed by atoms with Gasteiger partial charge in [0.2, 0.25) is 0 Å². The van der Waals surface area contributed by atoms with Gasteiger partial charge in [-0.05, 0) is 19.4 Å². The van der Waals surface area contributed by atoms with Crippen LogP contribution < -0.4 is 5.32 Å². The Balaban J connectivity index is 3.49. The second kappa shape index (κ2) is 35.4. The number of nitrogens with one attached hydrogen (secondary N) is 1. The molecule has 0 aliphatic rings. The zero-order valence-electron chi connectivity index (χ0n) is 29.1. The molecule has 0 aromatic carbocycles. The molecule has 0 bridgehead atoms. The van der Waals surface area contributed by atoms with E-state index in [9.17, 15) is 14.7 Å². The van der Waals surface area contributed by atoms with Crippen LogP contribution in [0.15, 0.2) is 0 Å². The third kappa shape index (κ3) is 33.6. The lowest BCUT2D eigenvalue weighted by molar-refractivity contribution is -0.149. The largest absolute Gasteiger partial charge is 0.480 e. The summed E-state index contributed by atoms with van der Waals surface area (Å²) in [6.45, 7) is 5.59. The zero-order valence-corrected chi connectivity index (χ0v) is 29.1. The lowest BCUT2D eigenvalue weighted by atomic mass is 10.0. The van der Waals surface area contributed by atoms with Crippen LogP contribution in [0.3, 0.4) is 0 Å². The average Bonchev–Trinajstić information content (AvgIpc) is 3.00. The van der Waals surface area contributed by atoms with Crippen molar-refractivity contribution in [3.8, 4) is 0 Å². The van der Waals surface area contributed by atoms with Gasteiger partial charge in [0.05, 0.1) is 13.0 Å². The van der Waals surface area contributed by atoms with Crippen LogP contribution in [0.2, 0.25) is 0 Å². The van der Waals surface area contributed by atoms with Crippen molar-refractivity contribution in [2.24, 2.45) is 0 Å². The minimum Gasteiger partial charge on any atom is -0.480 e. The summed E-state index contributed by atoms with van der Waals surface area (Å²) >= 11 is 0. The van der Waals surface area contributed by atoms with E-state index in [0.717, 1.165) is 25.7 Å². The summed E-state index contributed by atoms with van der Waals surface area (Å²) in [6, 6.07) is -0.847. The van der Waals surface area contributed by atoms with Gasteiger partial charge in [-0.15, -0.1) is 0 Å². The van der Waals surface area contributed by atoms with Gasteiger partial charge >= 0.3 is 11.9 Å². The molecule has 5 heteroatoms. The molecular formula is C38H75NO4. The maximum Gasteiger partial charge on any atom is 0.321 e. The Morgan fingerprint density at radius 2 is 0.791 bits per heavy atom. The van der Waals surface area contributed by atoms with Gasteiger partial charge in [0.25, 0.3) is 0 Å². The monoisotopic (exact) mass is 610 g/mol. The summed E-state index contributed by atoms with van der Waals surface area (Å²) in [5, 5.41) is 12.5. The second-order valence-electron chi connectivity index (χ2n) is 13.2. The normalized spacial score (nSPS) is 12.0. The number of carbonyl (C=O) groups excluding carboxylic acids is 1. The van der Waals surface area contributed by atoms with Crippen LogP contribution in [-0.2, 0) is 14.3 Å². The molecule has 0 saturated heterocycles. The number of esters is 1. The fourth-order valence-corrected chi connectivity index (χ4v) is 5.90. The molecule has 256 valence electrons. The maximum atomic E-state index is 12.2. The van der Waals surface area contributed by atoms with Gasteiger partial charge in [0.1, 0.15) is 6.04 Å². The first-order valence-electron chi connectivity index (χ1n) is 19.2. The van der Waals surface area contributed by atoms with Gasteiger partial charge in [-0.3, -0.25) is 9.59 Å². The number of unbranched alkanes of at least 4 members (excludes halogenated alkanes) is 28. The predicted molar refractivity (Wildman–Crippen MR) is 185 cm³/mol. The van der Waals surface area contributed by atoms with Crippen LogP contribution in [-0.4, -0.2) is 36.2 Å². The fourth-order valence-electron chi connectivity index (χ4n) is 5.90. The average molecular weight is 610 g/mol. The molecule has 0 heterocycles. The molecule has 0 radical (unpaired) electrons. The molecule has 0 spiro atoms. The van der Waals surface area contributed by atoms with E-state index in [1.165, 1.54) is 167 Å². The van der Waals surface area contributed by atoms with Crippen LogP contribution >= 0.6 is 0 Å². The molecule has 0 rings (SSSR count). The Hall–Kier alpha value is -1.10. The van der Waals surface area contributed by atoms with Crippen molar-refractivity contribution in [1.82, 2.24) is 5.32 Å². The van der Waals surface area contributed by atoms with Gasteiger partial charge in [0, 0.05) is 0 Å². The molecule has 0 aromatic heterocycles. The van der Waals surface area contributed by atoms with E-state index in [0.29, 0.717) is 13.2 Å². The number of hydrogen-bond donors (Lipinski definition) is 2. The van der Waals surface area contributed by atoms with E-state index in [1.54, 1.807) is 0 Å². The summed E-state index contributed by atoms with van der Waals surface area (Å²) in [7, 11) is 0. The third-order valence-corrected chi connectivity index (χ3v) is 8.85. The van der Waals surface area contributed by atoms with Crippen molar-refractivity contribution in [2.75, 3.05) is 13.2 Å². The van der Waals surface area contributed by atoms with Crippen molar-refractivity contribution in [3.05, 3.63) is 0 Å². The summed E-state index contributed by atoms with van der Waals surface area (Å²) in [5.41, 5.74) is 0. The van der Waals surface area contributed by atoms with Crippen molar-refractivity contribution in [3.63, 3.8) is 0 Å². The third-order valence-electron chi connectivity index (χ3n) is 8.85. The number of aliphatic carboxylic acids is 1. The minimum atomic E-state index is -0.968. The van der Waals surface area contributed by atoms with E-state index in [-0.39, 0.29) is 6.42 Å². The van der Waals surface area contributed by atoms with Crippen LogP contribution in [0.1, 0.15) is 213 Å². The van der Waals surface area contributed by atoms with Crippen LogP contribution in [0.5, 0.6) is 0 Å². The molecule has 0 aromatic rings. The Kier molecular flexibility index (Phi) is 34.5. The van der Waals surface area contributed by atoms with Gasteiger partial charge in [-0.1, -0.05) is 194 Å².